The molecule has 3 aromatic rings. The van der Waals surface area contributed by atoms with Gasteiger partial charge in [-0.05, 0) is 12.1 Å². The van der Waals surface area contributed by atoms with Crippen molar-refractivity contribution in [3.63, 3.8) is 0 Å². The first kappa shape index (κ1) is 13.2. The third-order valence-corrected chi connectivity index (χ3v) is 3.04. The summed E-state index contributed by atoms with van der Waals surface area (Å²) in [6, 6.07) is 15.7. The second kappa shape index (κ2) is 6.09. The van der Waals surface area contributed by atoms with E-state index in [1.165, 1.54) is 0 Å². The molecule has 0 unspecified atom stereocenters. The van der Waals surface area contributed by atoms with Gasteiger partial charge in [0.15, 0.2) is 0 Å². The minimum absolute atomic E-state index is 0.582. The zero-order valence-electron chi connectivity index (χ0n) is 11.7. The zero-order chi connectivity index (χ0) is 14.5. The van der Waals surface area contributed by atoms with Gasteiger partial charge in [-0.3, -0.25) is 0 Å². The van der Waals surface area contributed by atoms with E-state index in [2.05, 4.69) is 20.6 Å². The molecule has 3 rings (SSSR count). The molecule has 1 aromatic carbocycles. The van der Waals surface area contributed by atoms with Crippen molar-refractivity contribution < 1.29 is 4.42 Å². The van der Waals surface area contributed by atoms with E-state index in [0.29, 0.717) is 12.5 Å². The van der Waals surface area contributed by atoms with Gasteiger partial charge < -0.3 is 15.1 Å². The van der Waals surface area contributed by atoms with E-state index >= 15 is 0 Å². The second-order valence-corrected chi connectivity index (χ2v) is 4.51. The predicted octanol–water partition coefficient (Wildman–Crippen LogP) is 3.39. The van der Waals surface area contributed by atoms with Crippen LogP contribution in [0.1, 0.15) is 5.76 Å². The molecule has 0 saturated carbocycles. The van der Waals surface area contributed by atoms with Gasteiger partial charge in [0, 0.05) is 18.7 Å². The molecule has 2 heterocycles. The summed E-state index contributed by atoms with van der Waals surface area (Å²) in [4.78, 5) is 8.88. The number of nitrogens with one attached hydrogen (secondary N) is 2. The highest BCUT2D eigenvalue weighted by Crippen LogP contribution is 2.21. The van der Waals surface area contributed by atoms with Crippen LogP contribution in [0.4, 0.5) is 11.8 Å². The third-order valence-electron chi connectivity index (χ3n) is 3.04. The normalized spacial score (nSPS) is 10.3. The molecule has 21 heavy (non-hydrogen) atoms. The molecule has 5 heteroatoms. The van der Waals surface area contributed by atoms with Crippen molar-refractivity contribution in [2.24, 2.45) is 0 Å². The molecule has 0 atom stereocenters. The minimum atomic E-state index is 0.582. The Hall–Kier alpha value is -2.82. The summed E-state index contributed by atoms with van der Waals surface area (Å²) >= 11 is 0. The second-order valence-electron chi connectivity index (χ2n) is 4.51. The lowest BCUT2D eigenvalue weighted by Crippen LogP contribution is -2.05. The molecule has 2 aromatic heterocycles. The summed E-state index contributed by atoms with van der Waals surface area (Å²) in [5, 5.41) is 6.23. The lowest BCUT2D eigenvalue weighted by Gasteiger charge is -2.09. The Morgan fingerprint density at radius 1 is 1.05 bits per heavy atom. The standard InChI is InChI=1S/C16H16N4O/c1-17-16-19-14(12-6-3-2-4-7-12)10-15(20-16)18-11-13-8-5-9-21-13/h2-10H,11H2,1H3,(H2,17,18,19,20). The Balaban J connectivity index is 1.86. The molecule has 0 aliphatic heterocycles. The first-order valence-corrected chi connectivity index (χ1v) is 6.73. The van der Waals surface area contributed by atoms with Gasteiger partial charge in [0.1, 0.15) is 11.6 Å². The van der Waals surface area contributed by atoms with E-state index in [-0.39, 0.29) is 0 Å². The molecule has 0 spiro atoms. The molecule has 0 saturated heterocycles. The summed E-state index contributed by atoms with van der Waals surface area (Å²) < 4.78 is 5.31. The smallest absolute Gasteiger partial charge is 0.224 e. The van der Waals surface area contributed by atoms with Gasteiger partial charge in [0.05, 0.1) is 18.5 Å². The Kier molecular flexibility index (Phi) is 3.82. The summed E-state index contributed by atoms with van der Waals surface area (Å²) in [5.74, 6) is 2.20. The van der Waals surface area contributed by atoms with E-state index < -0.39 is 0 Å². The van der Waals surface area contributed by atoms with Crippen molar-refractivity contribution in [1.29, 1.82) is 0 Å². The summed E-state index contributed by atoms with van der Waals surface area (Å²) in [5.41, 5.74) is 1.93. The van der Waals surface area contributed by atoms with E-state index in [4.69, 9.17) is 4.42 Å². The Labute approximate surface area is 123 Å². The van der Waals surface area contributed by atoms with Gasteiger partial charge in [-0.25, -0.2) is 4.98 Å². The third kappa shape index (κ3) is 3.20. The van der Waals surface area contributed by atoms with Crippen LogP contribution >= 0.6 is 0 Å². The number of hydrogen-bond acceptors (Lipinski definition) is 5. The maximum Gasteiger partial charge on any atom is 0.224 e. The molecular weight excluding hydrogens is 264 g/mol. The van der Waals surface area contributed by atoms with Gasteiger partial charge in [-0.1, -0.05) is 30.3 Å². The molecule has 2 N–H and O–H groups in total. The Bertz CT molecular complexity index is 696. The fraction of sp³-hybridized carbons (Fsp3) is 0.125. The van der Waals surface area contributed by atoms with E-state index in [1.807, 2.05) is 48.5 Å². The molecule has 5 nitrogen and oxygen atoms in total. The van der Waals surface area contributed by atoms with Gasteiger partial charge in [-0.2, -0.15) is 4.98 Å². The first-order chi connectivity index (χ1) is 10.3. The number of benzene rings is 1. The summed E-state index contributed by atoms with van der Waals surface area (Å²) in [6.45, 7) is 0.585. The Morgan fingerprint density at radius 3 is 2.62 bits per heavy atom. The fourth-order valence-corrected chi connectivity index (χ4v) is 2.00. The van der Waals surface area contributed by atoms with Crippen LogP contribution in [-0.4, -0.2) is 17.0 Å². The zero-order valence-corrected chi connectivity index (χ0v) is 11.7. The first-order valence-electron chi connectivity index (χ1n) is 6.73. The molecule has 0 amide bonds. The number of hydrogen-bond donors (Lipinski definition) is 2. The molecule has 0 bridgehead atoms. The van der Waals surface area contributed by atoms with Crippen LogP contribution in [0.3, 0.4) is 0 Å². The van der Waals surface area contributed by atoms with Crippen LogP contribution in [0, 0.1) is 0 Å². The maximum absolute atomic E-state index is 5.31. The highest BCUT2D eigenvalue weighted by atomic mass is 16.3. The van der Waals surface area contributed by atoms with Crippen molar-refractivity contribution >= 4 is 11.8 Å². The summed E-state index contributed by atoms with van der Waals surface area (Å²) in [7, 11) is 1.81. The molecule has 0 aliphatic carbocycles. The average Bonchev–Trinajstić information content (AvgIpc) is 3.07. The van der Waals surface area contributed by atoms with Crippen molar-refractivity contribution in [3.05, 3.63) is 60.6 Å². The quantitative estimate of drug-likeness (QED) is 0.750. The number of aromatic nitrogens is 2. The van der Waals surface area contributed by atoms with Crippen LogP contribution in [0.2, 0.25) is 0 Å². The molecule has 106 valence electrons. The topological polar surface area (TPSA) is 63.0 Å². The average molecular weight is 280 g/mol. The number of rotatable bonds is 5. The fourth-order valence-electron chi connectivity index (χ4n) is 2.00. The lowest BCUT2D eigenvalue weighted by atomic mass is 10.1. The number of furan rings is 1. The van der Waals surface area contributed by atoms with Crippen molar-refractivity contribution in [1.82, 2.24) is 9.97 Å². The van der Waals surface area contributed by atoms with Crippen LogP contribution in [0.5, 0.6) is 0 Å². The van der Waals surface area contributed by atoms with Crippen LogP contribution in [0.25, 0.3) is 11.3 Å². The molecule has 0 fully saturated rings. The van der Waals surface area contributed by atoms with Gasteiger partial charge in [0.25, 0.3) is 0 Å². The molecule has 0 aliphatic rings. The lowest BCUT2D eigenvalue weighted by molar-refractivity contribution is 0.518. The number of nitrogens with zero attached hydrogens (tertiary/aromatic N) is 2. The maximum atomic E-state index is 5.31. The monoisotopic (exact) mass is 280 g/mol. The summed E-state index contributed by atoms with van der Waals surface area (Å²) in [6.07, 6.45) is 1.66. The number of anilines is 2. The largest absolute Gasteiger partial charge is 0.467 e. The van der Waals surface area contributed by atoms with E-state index in [1.54, 1.807) is 13.3 Å². The van der Waals surface area contributed by atoms with Gasteiger partial charge in [0.2, 0.25) is 5.95 Å². The van der Waals surface area contributed by atoms with Gasteiger partial charge in [-0.15, -0.1) is 0 Å². The highest BCUT2D eigenvalue weighted by molar-refractivity contribution is 5.64. The van der Waals surface area contributed by atoms with Crippen molar-refractivity contribution in [2.45, 2.75) is 6.54 Å². The van der Waals surface area contributed by atoms with E-state index in [9.17, 15) is 0 Å². The van der Waals surface area contributed by atoms with Crippen molar-refractivity contribution in [2.75, 3.05) is 17.7 Å². The van der Waals surface area contributed by atoms with E-state index in [0.717, 1.165) is 22.8 Å². The van der Waals surface area contributed by atoms with Gasteiger partial charge >= 0.3 is 0 Å². The SMILES string of the molecule is CNc1nc(NCc2ccco2)cc(-c2ccccc2)n1. The minimum Gasteiger partial charge on any atom is -0.467 e. The van der Waals surface area contributed by atoms with Crippen LogP contribution < -0.4 is 10.6 Å². The van der Waals surface area contributed by atoms with Crippen molar-refractivity contribution in [3.8, 4) is 11.3 Å². The molecular formula is C16H16N4O. The van der Waals surface area contributed by atoms with Crippen LogP contribution in [-0.2, 0) is 6.54 Å². The predicted molar refractivity (Wildman–Crippen MR) is 83.0 cm³/mol. The van der Waals surface area contributed by atoms with Crippen LogP contribution in [0.15, 0.2) is 59.2 Å². The molecule has 0 radical (unpaired) electrons. The Morgan fingerprint density at radius 2 is 1.90 bits per heavy atom. The highest BCUT2D eigenvalue weighted by Gasteiger charge is 2.06.